The maximum absolute atomic E-state index is 5.41. The smallest absolute Gasteiger partial charge is 0.105 e. The summed E-state index contributed by atoms with van der Waals surface area (Å²) in [6.45, 7) is 7.87. The van der Waals surface area contributed by atoms with Gasteiger partial charge in [0.25, 0.3) is 0 Å². The molecule has 1 atom stereocenters. The average Bonchev–Trinajstić information content (AvgIpc) is 2.74. The zero-order chi connectivity index (χ0) is 11.8. The summed E-state index contributed by atoms with van der Waals surface area (Å²) in [4.78, 5) is 0. The SMILES string of the molecule is CCCNC(CCC(C)C)Cc1ccco1. The van der Waals surface area contributed by atoms with Crippen LogP contribution in [-0.2, 0) is 6.42 Å². The van der Waals surface area contributed by atoms with Gasteiger partial charge in [0.15, 0.2) is 0 Å². The zero-order valence-corrected chi connectivity index (χ0v) is 10.8. The fourth-order valence-electron chi connectivity index (χ4n) is 1.83. The Hall–Kier alpha value is -0.760. The van der Waals surface area contributed by atoms with Crippen molar-refractivity contribution in [3.8, 4) is 0 Å². The maximum Gasteiger partial charge on any atom is 0.105 e. The van der Waals surface area contributed by atoms with Gasteiger partial charge >= 0.3 is 0 Å². The third-order valence-electron chi connectivity index (χ3n) is 2.80. The third kappa shape index (κ3) is 5.36. The number of furan rings is 1. The molecule has 0 fully saturated rings. The zero-order valence-electron chi connectivity index (χ0n) is 10.8. The van der Waals surface area contributed by atoms with E-state index in [1.807, 2.05) is 6.07 Å². The number of hydrogen-bond acceptors (Lipinski definition) is 2. The van der Waals surface area contributed by atoms with Crippen molar-refractivity contribution in [1.82, 2.24) is 5.32 Å². The molecule has 0 saturated carbocycles. The van der Waals surface area contributed by atoms with Crippen LogP contribution in [0.15, 0.2) is 22.8 Å². The van der Waals surface area contributed by atoms with Crippen LogP contribution in [0.1, 0.15) is 45.8 Å². The second kappa shape index (κ2) is 7.50. The van der Waals surface area contributed by atoms with Crippen LogP contribution < -0.4 is 5.32 Å². The van der Waals surface area contributed by atoms with Crippen molar-refractivity contribution < 1.29 is 4.42 Å². The molecule has 0 aromatic carbocycles. The lowest BCUT2D eigenvalue weighted by atomic mass is 10.0. The first kappa shape index (κ1) is 13.3. The van der Waals surface area contributed by atoms with E-state index >= 15 is 0 Å². The van der Waals surface area contributed by atoms with Crippen molar-refractivity contribution in [3.63, 3.8) is 0 Å². The summed E-state index contributed by atoms with van der Waals surface area (Å²) in [6.07, 6.45) is 6.48. The van der Waals surface area contributed by atoms with Gasteiger partial charge in [0.2, 0.25) is 0 Å². The fraction of sp³-hybridized carbons (Fsp3) is 0.714. The molecule has 92 valence electrons. The minimum absolute atomic E-state index is 0.563. The van der Waals surface area contributed by atoms with Gasteiger partial charge < -0.3 is 9.73 Å². The van der Waals surface area contributed by atoms with Crippen LogP contribution in [0.5, 0.6) is 0 Å². The van der Waals surface area contributed by atoms with Gasteiger partial charge in [-0.25, -0.2) is 0 Å². The summed E-state index contributed by atoms with van der Waals surface area (Å²) >= 11 is 0. The topological polar surface area (TPSA) is 25.2 Å². The Kier molecular flexibility index (Phi) is 6.24. The summed E-state index contributed by atoms with van der Waals surface area (Å²) in [5.74, 6) is 1.87. The molecule has 1 heterocycles. The lowest BCUT2D eigenvalue weighted by molar-refractivity contribution is 0.396. The highest BCUT2D eigenvalue weighted by molar-refractivity contribution is 5.00. The molecule has 0 radical (unpaired) electrons. The van der Waals surface area contributed by atoms with E-state index in [2.05, 4.69) is 32.2 Å². The van der Waals surface area contributed by atoms with E-state index in [0.29, 0.717) is 6.04 Å². The minimum Gasteiger partial charge on any atom is -0.469 e. The van der Waals surface area contributed by atoms with Crippen molar-refractivity contribution in [2.24, 2.45) is 5.92 Å². The van der Waals surface area contributed by atoms with Crippen LogP contribution in [0.2, 0.25) is 0 Å². The standard InChI is InChI=1S/C14H25NO/c1-4-9-15-13(8-7-12(2)3)11-14-6-5-10-16-14/h5-6,10,12-13,15H,4,7-9,11H2,1-3H3. The van der Waals surface area contributed by atoms with E-state index in [4.69, 9.17) is 4.42 Å². The average molecular weight is 223 g/mol. The molecule has 1 aromatic rings. The molecule has 1 N–H and O–H groups in total. The largest absolute Gasteiger partial charge is 0.469 e. The van der Waals surface area contributed by atoms with E-state index in [1.165, 1.54) is 19.3 Å². The van der Waals surface area contributed by atoms with Gasteiger partial charge in [-0.3, -0.25) is 0 Å². The molecule has 2 heteroatoms. The van der Waals surface area contributed by atoms with Crippen molar-refractivity contribution in [2.75, 3.05) is 6.54 Å². The van der Waals surface area contributed by atoms with Crippen LogP contribution in [0.4, 0.5) is 0 Å². The molecule has 0 bridgehead atoms. The molecule has 0 saturated heterocycles. The molecule has 0 amide bonds. The highest BCUT2D eigenvalue weighted by Crippen LogP contribution is 2.12. The highest BCUT2D eigenvalue weighted by Gasteiger charge is 2.11. The number of hydrogen-bond donors (Lipinski definition) is 1. The van der Waals surface area contributed by atoms with Gasteiger partial charge in [-0.1, -0.05) is 20.8 Å². The summed E-state index contributed by atoms with van der Waals surface area (Å²) in [6, 6.07) is 4.60. The molecular weight excluding hydrogens is 198 g/mol. The second-order valence-electron chi connectivity index (χ2n) is 4.91. The Labute approximate surface area is 99.4 Å². The number of rotatable bonds is 8. The van der Waals surface area contributed by atoms with Gasteiger partial charge in [-0.15, -0.1) is 0 Å². The van der Waals surface area contributed by atoms with Crippen molar-refractivity contribution >= 4 is 0 Å². The van der Waals surface area contributed by atoms with Crippen LogP contribution >= 0.6 is 0 Å². The van der Waals surface area contributed by atoms with Crippen molar-refractivity contribution in [3.05, 3.63) is 24.2 Å². The molecule has 0 spiro atoms. The van der Waals surface area contributed by atoms with Crippen LogP contribution in [-0.4, -0.2) is 12.6 Å². The summed E-state index contributed by atoms with van der Waals surface area (Å²) in [5.41, 5.74) is 0. The van der Waals surface area contributed by atoms with Crippen molar-refractivity contribution in [1.29, 1.82) is 0 Å². The second-order valence-corrected chi connectivity index (χ2v) is 4.91. The highest BCUT2D eigenvalue weighted by atomic mass is 16.3. The van der Waals surface area contributed by atoms with E-state index in [-0.39, 0.29) is 0 Å². The molecule has 1 aromatic heterocycles. The molecule has 1 unspecified atom stereocenters. The van der Waals surface area contributed by atoms with E-state index in [9.17, 15) is 0 Å². The third-order valence-corrected chi connectivity index (χ3v) is 2.80. The molecular formula is C14H25NO. The molecule has 2 nitrogen and oxygen atoms in total. The van der Waals surface area contributed by atoms with Crippen LogP contribution in [0.25, 0.3) is 0 Å². The molecule has 16 heavy (non-hydrogen) atoms. The maximum atomic E-state index is 5.41. The number of nitrogens with one attached hydrogen (secondary N) is 1. The Balaban J connectivity index is 2.36. The normalized spacial score (nSPS) is 13.2. The lowest BCUT2D eigenvalue weighted by Gasteiger charge is -2.18. The molecule has 1 rings (SSSR count). The molecule has 0 aliphatic carbocycles. The van der Waals surface area contributed by atoms with Gasteiger partial charge in [-0.2, -0.15) is 0 Å². The summed E-state index contributed by atoms with van der Waals surface area (Å²) < 4.78 is 5.41. The first-order chi connectivity index (χ1) is 7.72. The van der Waals surface area contributed by atoms with Crippen LogP contribution in [0.3, 0.4) is 0 Å². The molecule has 0 aliphatic rings. The Bertz CT molecular complexity index is 254. The Morgan fingerprint density at radius 2 is 2.12 bits per heavy atom. The van der Waals surface area contributed by atoms with E-state index in [1.54, 1.807) is 6.26 Å². The van der Waals surface area contributed by atoms with Gasteiger partial charge in [0.05, 0.1) is 6.26 Å². The van der Waals surface area contributed by atoms with E-state index < -0.39 is 0 Å². The first-order valence-electron chi connectivity index (χ1n) is 6.48. The van der Waals surface area contributed by atoms with Crippen LogP contribution in [0, 0.1) is 5.92 Å². The predicted molar refractivity (Wildman–Crippen MR) is 68.6 cm³/mol. The van der Waals surface area contributed by atoms with Gasteiger partial charge in [0.1, 0.15) is 5.76 Å². The Morgan fingerprint density at radius 3 is 2.69 bits per heavy atom. The molecule has 0 aliphatic heterocycles. The lowest BCUT2D eigenvalue weighted by Crippen LogP contribution is -2.32. The monoisotopic (exact) mass is 223 g/mol. The Morgan fingerprint density at radius 1 is 1.31 bits per heavy atom. The summed E-state index contributed by atoms with van der Waals surface area (Å²) in [7, 11) is 0. The predicted octanol–water partition coefficient (Wildman–Crippen LogP) is 3.63. The van der Waals surface area contributed by atoms with Gasteiger partial charge in [0, 0.05) is 12.5 Å². The van der Waals surface area contributed by atoms with Gasteiger partial charge in [-0.05, 0) is 43.9 Å². The fourth-order valence-corrected chi connectivity index (χ4v) is 1.83. The minimum atomic E-state index is 0.563. The van der Waals surface area contributed by atoms with E-state index in [0.717, 1.165) is 24.6 Å². The summed E-state index contributed by atoms with van der Waals surface area (Å²) in [5, 5.41) is 3.60. The first-order valence-corrected chi connectivity index (χ1v) is 6.48. The van der Waals surface area contributed by atoms with Crippen molar-refractivity contribution in [2.45, 2.75) is 52.5 Å². The quantitative estimate of drug-likeness (QED) is 0.728.